The second-order valence-corrected chi connectivity index (χ2v) is 13.2. The molecule has 2 N–H and O–H groups in total. The van der Waals surface area contributed by atoms with Gasteiger partial charge in [-0.15, -0.1) is 0 Å². The summed E-state index contributed by atoms with van der Waals surface area (Å²) in [6, 6.07) is 3.98. The number of esters is 2. The van der Waals surface area contributed by atoms with Gasteiger partial charge in [0, 0.05) is 0 Å². The molecular formula is C26H35FN5O8P. The summed E-state index contributed by atoms with van der Waals surface area (Å²) in [4.78, 5) is 36.3. The van der Waals surface area contributed by atoms with Gasteiger partial charge >= 0.3 is 19.5 Å². The molecule has 3 aromatic rings. The number of rotatable bonds is 12. The van der Waals surface area contributed by atoms with E-state index in [-0.39, 0.29) is 23.7 Å². The topological polar surface area (TPSA) is 167 Å². The number of carbonyl (C=O) groups is 2. The van der Waals surface area contributed by atoms with Crippen LogP contribution in [0, 0.1) is 16.6 Å². The Bertz CT molecular complexity index is 1400. The minimum absolute atomic E-state index is 0.0396. The van der Waals surface area contributed by atoms with Crippen molar-refractivity contribution in [2.24, 2.45) is 10.8 Å². The lowest BCUT2D eigenvalue weighted by Crippen LogP contribution is -2.24. The molecule has 3 rings (SSSR count). The second kappa shape index (κ2) is 12.9. The maximum atomic E-state index is 14.9. The highest BCUT2D eigenvalue weighted by Crippen LogP contribution is 2.51. The molecule has 0 aliphatic heterocycles. The van der Waals surface area contributed by atoms with Crippen molar-refractivity contribution in [1.82, 2.24) is 19.5 Å². The van der Waals surface area contributed by atoms with Crippen molar-refractivity contribution in [2.45, 2.75) is 54.2 Å². The van der Waals surface area contributed by atoms with Crippen molar-refractivity contribution < 1.29 is 41.8 Å². The lowest BCUT2D eigenvalue weighted by atomic mass is 9.98. The number of aromatic nitrogens is 4. The largest absolute Gasteiger partial charge is 0.489 e. The maximum Gasteiger partial charge on any atom is 0.340 e. The predicted molar refractivity (Wildman–Crippen MR) is 146 cm³/mol. The number of nitrogens with two attached hydrogens (primary N) is 1. The molecule has 0 fully saturated rings. The van der Waals surface area contributed by atoms with E-state index in [9.17, 15) is 18.5 Å². The molecule has 0 aliphatic rings. The van der Waals surface area contributed by atoms with E-state index >= 15 is 0 Å². The minimum Gasteiger partial charge on any atom is -0.489 e. The Hall–Kier alpha value is -3.61. The van der Waals surface area contributed by atoms with E-state index in [1.807, 2.05) is 0 Å². The highest BCUT2D eigenvalue weighted by atomic mass is 31.2. The first kappa shape index (κ1) is 31.9. The molecule has 13 nitrogen and oxygen atoms in total. The highest BCUT2D eigenvalue weighted by molar-refractivity contribution is 7.53. The normalized spacial score (nSPS) is 12.4. The van der Waals surface area contributed by atoms with Crippen molar-refractivity contribution >= 4 is 36.5 Å². The average Bonchev–Trinajstić information content (AvgIpc) is 3.28. The predicted octanol–water partition coefficient (Wildman–Crippen LogP) is 4.45. The molecule has 224 valence electrons. The number of benzene rings is 1. The first-order valence-electron chi connectivity index (χ1n) is 12.6. The fraction of sp³-hybridized carbons (Fsp3) is 0.500. The van der Waals surface area contributed by atoms with Crippen molar-refractivity contribution in [3.63, 3.8) is 0 Å². The van der Waals surface area contributed by atoms with Gasteiger partial charge in [0.2, 0.25) is 13.6 Å². The molecule has 0 atom stereocenters. The van der Waals surface area contributed by atoms with Crippen LogP contribution in [0.15, 0.2) is 30.9 Å². The monoisotopic (exact) mass is 595 g/mol. The Morgan fingerprint density at radius 1 is 0.976 bits per heavy atom. The number of carbonyl (C=O) groups excluding carboxylic acids is 2. The Labute approximate surface area is 237 Å². The van der Waals surface area contributed by atoms with Gasteiger partial charge in [-0.25, -0.2) is 19.3 Å². The van der Waals surface area contributed by atoms with Crippen molar-refractivity contribution in [1.29, 1.82) is 0 Å². The van der Waals surface area contributed by atoms with Gasteiger partial charge < -0.3 is 24.5 Å². The number of imidazole rings is 1. The number of fused-ring (bicyclic) bond motifs is 1. The molecule has 0 bridgehead atoms. The third-order valence-corrected chi connectivity index (χ3v) is 7.25. The molecule has 0 saturated carbocycles. The van der Waals surface area contributed by atoms with Gasteiger partial charge in [-0.3, -0.25) is 23.2 Å². The number of halogens is 1. The molecule has 0 aliphatic carbocycles. The molecule has 2 heterocycles. The van der Waals surface area contributed by atoms with E-state index in [0.717, 1.165) is 6.07 Å². The van der Waals surface area contributed by atoms with Gasteiger partial charge in [0.25, 0.3) is 0 Å². The van der Waals surface area contributed by atoms with Crippen LogP contribution in [0.3, 0.4) is 0 Å². The summed E-state index contributed by atoms with van der Waals surface area (Å²) in [5.41, 5.74) is 5.38. The quantitative estimate of drug-likeness (QED) is 0.178. The van der Waals surface area contributed by atoms with E-state index in [2.05, 4.69) is 15.0 Å². The minimum atomic E-state index is -4.07. The summed E-state index contributed by atoms with van der Waals surface area (Å²) in [6.07, 6.45) is 2.46. The van der Waals surface area contributed by atoms with E-state index in [4.69, 9.17) is 29.0 Å². The number of hydrogen-bond acceptors (Lipinski definition) is 12. The number of nitrogens with zero attached hydrogens (tertiary/aromatic N) is 4. The van der Waals surface area contributed by atoms with E-state index in [1.54, 1.807) is 46.1 Å². The lowest BCUT2D eigenvalue weighted by molar-refractivity contribution is -0.162. The van der Waals surface area contributed by atoms with Crippen LogP contribution in [0.1, 0.15) is 47.1 Å². The molecule has 15 heteroatoms. The second-order valence-electron chi connectivity index (χ2n) is 11.1. The number of hydrogen-bond donors (Lipinski definition) is 1. The summed E-state index contributed by atoms with van der Waals surface area (Å²) in [5, 5.41) is 0. The first-order chi connectivity index (χ1) is 19.1. The summed E-state index contributed by atoms with van der Waals surface area (Å²) in [7, 11) is -4.07. The molecule has 1 aromatic carbocycles. The third-order valence-electron chi connectivity index (χ3n) is 5.50. The zero-order valence-corrected chi connectivity index (χ0v) is 24.8. The van der Waals surface area contributed by atoms with Gasteiger partial charge in [-0.05, 0) is 59.2 Å². The summed E-state index contributed by atoms with van der Waals surface area (Å²) in [5.74, 6) is -1.68. The van der Waals surface area contributed by atoms with Gasteiger partial charge in [0.1, 0.15) is 18.5 Å². The smallest absolute Gasteiger partial charge is 0.340 e. The summed E-state index contributed by atoms with van der Waals surface area (Å²) < 4.78 is 56.3. The molecule has 0 spiro atoms. The van der Waals surface area contributed by atoms with Gasteiger partial charge in [0.15, 0.2) is 23.0 Å². The highest BCUT2D eigenvalue weighted by Gasteiger charge is 2.30. The third kappa shape index (κ3) is 8.94. The SMILES string of the molecule is CC(C)(C)C(=O)OCOP(=O)(Cc1ccc(OCCn2cnc3c(N)ncnc32)c(F)c1)OCOC(=O)C(C)(C)C. The fourth-order valence-electron chi connectivity index (χ4n) is 3.18. The van der Waals surface area contributed by atoms with Crippen LogP contribution in [-0.4, -0.2) is 51.7 Å². The molecule has 0 amide bonds. The van der Waals surface area contributed by atoms with E-state index in [0.29, 0.717) is 17.7 Å². The molecule has 2 aromatic heterocycles. The van der Waals surface area contributed by atoms with E-state index < -0.39 is 55.9 Å². The molecule has 41 heavy (non-hydrogen) atoms. The number of anilines is 1. The van der Waals surface area contributed by atoms with Gasteiger partial charge in [-0.1, -0.05) is 6.07 Å². The molecule has 0 saturated heterocycles. The molecule has 0 radical (unpaired) electrons. The van der Waals surface area contributed by atoms with Crippen molar-refractivity contribution in [3.8, 4) is 5.75 Å². The number of nitrogen functional groups attached to an aromatic ring is 1. The van der Waals surface area contributed by atoms with Crippen LogP contribution < -0.4 is 10.5 Å². The summed E-state index contributed by atoms with van der Waals surface area (Å²) in [6.45, 7) is 8.92. The lowest BCUT2D eigenvalue weighted by Gasteiger charge is -2.22. The standard InChI is InChI=1S/C26H35FN5O8P/c1-25(2,3)23(33)37-15-39-41(35,40-16-38-24(34)26(4,5)6)12-17-7-8-19(18(27)11-17)36-10-9-32-14-31-20-21(28)29-13-30-22(20)32/h7-8,11,13-14H,9-10,12,15-16H2,1-6H3,(H2,28,29,30). The first-order valence-corrected chi connectivity index (χ1v) is 14.4. The van der Waals surface area contributed by atoms with Crippen LogP contribution >= 0.6 is 7.60 Å². The summed E-state index contributed by atoms with van der Waals surface area (Å²) >= 11 is 0. The van der Waals surface area contributed by atoms with Gasteiger partial charge in [0.05, 0.1) is 29.9 Å². The van der Waals surface area contributed by atoms with Crippen molar-refractivity contribution in [2.75, 3.05) is 25.9 Å². The average molecular weight is 596 g/mol. The van der Waals surface area contributed by atoms with Crippen LogP contribution in [-0.2, 0) is 45.4 Å². The van der Waals surface area contributed by atoms with Crippen molar-refractivity contribution in [3.05, 3.63) is 42.2 Å². The number of ether oxygens (including phenoxy) is 3. The van der Waals surface area contributed by atoms with Gasteiger partial charge in [-0.2, -0.15) is 0 Å². The Kier molecular flexibility index (Phi) is 10.1. The fourth-order valence-corrected chi connectivity index (χ4v) is 4.51. The van der Waals surface area contributed by atoms with Crippen LogP contribution in [0.25, 0.3) is 11.2 Å². The molecule has 0 unspecified atom stereocenters. The Morgan fingerprint density at radius 2 is 1.59 bits per heavy atom. The van der Waals surface area contributed by atoms with Crippen LogP contribution in [0.5, 0.6) is 5.75 Å². The zero-order valence-electron chi connectivity index (χ0n) is 23.9. The maximum absolute atomic E-state index is 14.9. The van der Waals surface area contributed by atoms with E-state index in [1.165, 1.54) is 24.8 Å². The Balaban J connectivity index is 1.64. The Morgan fingerprint density at radius 3 is 2.15 bits per heavy atom. The molecular weight excluding hydrogens is 560 g/mol. The zero-order chi connectivity index (χ0) is 30.4. The van der Waals surface area contributed by atoms with Crippen LogP contribution in [0.2, 0.25) is 0 Å². The van der Waals surface area contributed by atoms with Crippen LogP contribution in [0.4, 0.5) is 10.2 Å².